The molecule has 322 valence electrons. The molecule has 0 unspecified atom stereocenters. The Morgan fingerprint density at radius 3 is 1.32 bits per heavy atom. The van der Waals surface area contributed by atoms with Crippen molar-refractivity contribution in [2.24, 2.45) is 0 Å². The van der Waals surface area contributed by atoms with Gasteiger partial charge in [-0.15, -0.1) is 0 Å². The molecule has 8 nitrogen and oxygen atoms in total. The molecule has 4 aromatic heterocycles. The number of H-pyrrole nitrogens is 4. The van der Waals surface area contributed by atoms with E-state index in [-0.39, 0.29) is 45.5 Å². The van der Waals surface area contributed by atoms with Crippen LogP contribution in [0.25, 0.3) is 44.8 Å². The topological polar surface area (TPSA) is 131 Å². The molecular formula is C48H37Br3F4N4O4. The standard InChI is InChI=1S/3C12H9BrFNO.C12H10FNO/c1-7-6-10(13)11(15-12(7)16)8-2-4-9(14)5-3-8;1-7-6-10(11(13)15-12(7)16)8-2-4-9(14)5-3-8;1-7-5-10(13)11(15-12(7)16)8-3-2-4-9(14)6-8;1-8-6-10(7-14-12(8)15)9-2-4-11(13)5-3-9/h3*2-6H,1H3,(H,15,16);2-7H,1H3,(H,14,15). The second-order valence-electron chi connectivity index (χ2n) is 13.9. The van der Waals surface area contributed by atoms with Gasteiger partial charge in [-0.1, -0.05) is 36.4 Å². The van der Waals surface area contributed by atoms with Crippen molar-refractivity contribution in [3.63, 3.8) is 0 Å². The van der Waals surface area contributed by atoms with E-state index in [0.717, 1.165) is 36.8 Å². The summed E-state index contributed by atoms with van der Waals surface area (Å²) < 4.78 is 53.4. The first-order chi connectivity index (χ1) is 29.9. The Labute approximate surface area is 383 Å². The fourth-order valence-corrected chi connectivity index (χ4v) is 7.60. The van der Waals surface area contributed by atoms with Gasteiger partial charge in [0.2, 0.25) is 0 Å². The van der Waals surface area contributed by atoms with Gasteiger partial charge in [0, 0.05) is 48.5 Å². The van der Waals surface area contributed by atoms with Crippen LogP contribution in [0.4, 0.5) is 17.6 Å². The van der Waals surface area contributed by atoms with Crippen LogP contribution >= 0.6 is 47.8 Å². The van der Waals surface area contributed by atoms with Crippen LogP contribution in [-0.2, 0) is 0 Å². The minimum atomic E-state index is -0.328. The Hall–Kier alpha value is -6.16. The van der Waals surface area contributed by atoms with Gasteiger partial charge < -0.3 is 19.9 Å². The summed E-state index contributed by atoms with van der Waals surface area (Å²) in [6.07, 6.45) is 1.63. The number of aromatic amines is 4. The number of rotatable bonds is 4. The third kappa shape index (κ3) is 13.2. The normalized spacial score (nSPS) is 10.4. The van der Waals surface area contributed by atoms with E-state index in [9.17, 15) is 36.7 Å². The second kappa shape index (κ2) is 21.8. The summed E-state index contributed by atoms with van der Waals surface area (Å²) in [6.45, 7) is 6.93. The maximum Gasteiger partial charge on any atom is 0.251 e. The third-order valence-corrected chi connectivity index (χ3v) is 11.1. The zero-order valence-corrected chi connectivity index (χ0v) is 38.7. The molecule has 15 heteroatoms. The summed E-state index contributed by atoms with van der Waals surface area (Å²) in [5.74, 6) is -1.17. The Kier molecular flexibility index (Phi) is 16.5. The minimum absolute atomic E-state index is 0.0964. The van der Waals surface area contributed by atoms with Crippen LogP contribution in [0.2, 0.25) is 0 Å². The van der Waals surface area contributed by atoms with E-state index >= 15 is 0 Å². The van der Waals surface area contributed by atoms with Gasteiger partial charge in [0.25, 0.3) is 22.2 Å². The number of aryl methyl sites for hydroxylation is 4. The van der Waals surface area contributed by atoms with Crippen molar-refractivity contribution < 1.29 is 17.6 Å². The first-order valence-electron chi connectivity index (χ1n) is 18.8. The molecule has 0 aliphatic heterocycles. The number of hydrogen-bond donors (Lipinski definition) is 4. The lowest BCUT2D eigenvalue weighted by Gasteiger charge is -2.05. The second-order valence-corrected chi connectivity index (χ2v) is 16.5. The molecule has 0 spiro atoms. The van der Waals surface area contributed by atoms with E-state index in [1.54, 1.807) is 107 Å². The van der Waals surface area contributed by atoms with Crippen molar-refractivity contribution in [3.8, 4) is 44.8 Å². The smallest absolute Gasteiger partial charge is 0.251 e. The van der Waals surface area contributed by atoms with E-state index in [1.165, 1.54) is 48.5 Å². The van der Waals surface area contributed by atoms with E-state index in [4.69, 9.17) is 0 Å². The van der Waals surface area contributed by atoms with Gasteiger partial charge in [-0.2, -0.15) is 0 Å². The molecule has 0 aliphatic carbocycles. The van der Waals surface area contributed by atoms with Crippen LogP contribution in [0, 0.1) is 51.0 Å². The summed E-state index contributed by atoms with van der Waals surface area (Å²) in [5, 5.41) is 0. The zero-order chi connectivity index (χ0) is 46.0. The molecule has 8 rings (SSSR count). The number of halogens is 7. The quantitative estimate of drug-likeness (QED) is 0.103. The largest absolute Gasteiger partial charge is 0.328 e. The van der Waals surface area contributed by atoms with Gasteiger partial charge in [0.05, 0.1) is 16.0 Å². The monoisotopic (exact) mass is 1050 g/mol. The molecular weight excluding hydrogens is 1010 g/mol. The van der Waals surface area contributed by atoms with Crippen molar-refractivity contribution in [1.29, 1.82) is 0 Å². The minimum Gasteiger partial charge on any atom is -0.328 e. The number of aromatic nitrogens is 4. The lowest BCUT2D eigenvalue weighted by molar-refractivity contribution is 0.627. The average molecular weight is 1050 g/mol. The Morgan fingerprint density at radius 1 is 0.397 bits per heavy atom. The van der Waals surface area contributed by atoms with Gasteiger partial charge >= 0.3 is 0 Å². The van der Waals surface area contributed by atoms with Crippen molar-refractivity contribution in [3.05, 3.63) is 228 Å². The van der Waals surface area contributed by atoms with Crippen molar-refractivity contribution >= 4 is 47.8 Å². The predicted molar refractivity (Wildman–Crippen MR) is 252 cm³/mol. The summed E-state index contributed by atoms with van der Waals surface area (Å²) >= 11 is 10.0. The molecule has 0 saturated heterocycles. The van der Waals surface area contributed by atoms with Crippen molar-refractivity contribution in [2.45, 2.75) is 27.7 Å². The highest BCUT2D eigenvalue weighted by molar-refractivity contribution is 9.11. The zero-order valence-electron chi connectivity index (χ0n) is 33.9. The summed E-state index contributed by atoms with van der Waals surface area (Å²) in [4.78, 5) is 56.2. The fraction of sp³-hybridized carbons (Fsp3) is 0.0833. The number of nitrogens with one attached hydrogen (secondary N) is 4. The molecule has 0 saturated carbocycles. The molecule has 0 atom stereocenters. The van der Waals surface area contributed by atoms with E-state index in [1.807, 2.05) is 0 Å². The van der Waals surface area contributed by atoms with E-state index < -0.39 is 0 Å². The molecule has 63 heavy (non-hydrogen) atoms. The van der Waals surface area contributed by atoms with Crippen molar-refractivity contribution in [2.75, 3.05) is 0 Å². The van der Waals surface area contributed by atoms with Gasteiger partial charge in [-0.3, -0.25) is 19.2 Å². The molecule has 0 bridgehead atoms. The first-order valence-corrected chi connectivity index (χ1v) is 21.2. The number of hydrogen-bond acceptors (Lipinski definition) is 4. The SMILES string of the molecule is Cc1cc(-c2ccc(F)cc2)c(Br)[nH]c1=O.Cc1cc(-c2ccc(F)cc2)c[nH]c1=O.Cc1cc(Br)c(-c2ccc(F)cc2)[nH]c1=O.Cc1cc(Br)c(-c2cccc(F)c2)[nH]c1=O. The Bertz CT molecular complexity index is 3110. The molecule has 0 radical (unpaired) electrons. The van der Waals surface area contributed by atoms with Gasteiger partial charge in [-0.25, -0.2) is 17.6 Å². The van der Waals surface area contributed by atoms with Crippen LogP contribution in [-0.4, -0.2) is 19.9 Å². The van der Waals surface area contributed by atoms with Crippen molar-refractivity contribution in [1.82, 2.24) is 19.9 Å². The van der Waals surface area contributed by atoms with Gasteiger partial charge in [0.1, 0.15) is 23.3 Å². The highest BCUT2D eigenvalue weighted by Crippen LogP contribution is 2.28. The molecule has 0 amide bonds. The maximum atomic E-state index is 13.1. The molecule has 4 aromatic carbocycles. The summed E-state index contributed by atoms with van der Waals surface area (Å²) in [6, 6.07) is 31.4. The number of benzene rings is 4. The lowest BCUT2D eigenvalue weighted by atomic mass is 10.1. The van der Waals surface area contributed by atoms with Crippen LogP contribution in [0.3, 0.4) is 0 Å². The highest BCUT2D eigenvalue weighted by Gasteiger charge is 2.09. The van der Waals surface area contributed by atoms with Crippen LogP contribution in [0.5, 0.6) is 0 Å². The molecule has 8 aromatic rings. The molecule has 0 fully saturated rings. The van der Waals surface area contributed by atoms with E-state index in [0.29, 0.717) is 43.8 Å². The highest BCUT2D eigenvalue weighted by atomic mass is 79.9. The summed E-state index contributed by atoms with van der Waals surface area (Å²) in [5.41, 5.74) is 8.14. The number of pyridine rings is 4. The summed E-state index contributed by atoms with van der Waals surface area (Å²) in [7, 11) is 0. The predicted octanol–water partition coefficient (Wildman–Crippen LogP) is 12.2. The third-order valence-electron chi connectivity index (χ3n) is 9.20. The maximum absolute atomic E-state index is 13.1. The van der Waals surface area contributed by atoms with E-state index in [2.05, 4.69) is 67.7 Å². The first kappa shape index (κ1) is 47.9. The molecule has 4 heterocycles. The van der Waals surface area contributed by atoms with Gasteiger partial charge in [-0.05, 0) is 183 Å². The Morgan fingerprint density at radius 2 is 0.825 bits per heavy atom. The van der Waals surface area contributed by atoms with Crippen LogP contribution in [0.15, 0.2) is 160 Å². The average Bonchev–Trinajstić information content (AvgIpc) is 3.25. The van der Waals surface area contributed by atoms with Gasteiger partial charge in [0.15, 0.2) is 0 Å². The fourth-order valence-electron chi connectivity index (χ4n) is 5.74. The lowest BCUT2D eigenvalue weighted by Crippen LogP contribution is -2.10. The Balaban J connectivity index is 0.000000158. The molecule has 4 N–H and O–H groups in total. The molecule has 0 aliphatic rings. The van der Waals surface area contributed by atoms with Crippen LogP contribution < -0.4 is 22.2 Å². The van der Waals surface area contributed by atoms with Crippen LogP contribution in [0.1, 0.15) is 22.3 Å².